The Bertz CT molecular complexity index is 726. The largest absolute Gasteiger partial charge is 0.383 e. The number of nitrogens with zero attached hydrogens (tertiary/aromatic N) is 2. The molecule has 2 aromatic heterocycles. The molecule has 0 fully saturated rings. The minimum Gasteiger partial charge on any atom is -0.383 e. The number of hydrogen-bond acceptors (Lipinski definition) is 2. The summed E-state index contributed by atoms with van der Waals surface area (Å²) in [7, 11) is 0. The van der Waals surface area contributed by atoms with Crippen LogP contribution in [0, 0.1) is 13.8 Å². The maximum Gasteiger partial charge on any atom is 0.139 e. The molecule has 0 saturated carbocycles. The van der Waals surface area contributed by atoms with E-state index in [0.717, 1.165) is 16.9 Å². The minimum atomic E-state index is 0.694. The first-order valence-electron chi connectivity index (χ1n) is 5.96. The van der Waals surface area contributed by atoms with Crippen LogP contribution in [0.15, 0.2) is 42.6 Å². The summed E-state index contributed by atoms with van der Waals surface area (Å²) in [4.78, 5) is 4.60. The Hall–Kier alpha value is -2.29. The molecule has 0 saturated heterocycles. The minimum absolute atomic E-state index is 0.694. The standard InChI is InChI=1S/C15H15N3/c1-10-4-3-5-12(8-10)14-15(16)18-9-11(2)6-7-13(18)17-14/h3-9H,16H2,1-2H3. The van der Waals surface area contributed by atoms with Gasteiger partial charge in [-0.1, -0.05) is 29.8 Å². The van der Waals surface area contributed by atoms with Gasteiger partial charge in [-0.25, -0.2) is 4.98 Å². The van der Waals surface area contributed by atoms with E-state index in [0.29, 0.717) is 5.82 Å². The first-order valence-corrected chi connectivity index (χ1v) is 5.96. The van der Waals surface area contributed by atoms with Gasteiger partial charge < -0.3 is 5.73 Å². The summed E-state index contributed by atoms with van der Waals surface area (Å²) in [5.74, 6) is 0.694. The summed E-state index contributed by atoms with van der Waals surface area (Å²) in [6, 6.07) is 12.3. The molecule has 3 aromatic rings. The predicted octanol–water partition coefficient (Wildman–Crippen LogP) is 3.20. The molecule has 2 N–H and O–H groups in total. The van der Waals surface area contributed by atoms with Crippen LogP contribution in [0.2, 0.25) is 0 Å². The van der Waals surface area contributed by atoms with Gasteiger partial charge in [0.25, 0.3) is 0 Å². The highest BCUT2D eigenvalue weighted by atomic mass is 15.1. The van der Waals surface area contributed by atoms with Gasteiger partial charge in [0.2, 0.25) is 0 Å². The van der Waals surface area contributed by atoms with E-state index in [1.54, 1.807) is 0 Å². The molecule has 0 spiro atoms. The van der Waals surface area contributed by atoms with E-state index < -0.39 is 0 Å². The van der Waals surface area contributed by atoms with Crippen LogP contribution >= 0.6 is 0 Å². The zero-order valence-corrected chi connectivity index (χ0v) is 10.5. The van der Waals surface area contributed by atoms with Crippen LogP contribution in [0.3, 0.4) is 0 Å². The highest BCUT2D eigenvalue weighted by molar-refractivity contribution is 5.75. The van der Waals surface area contributed by atoms with Gasteiger partial charge in [0.05, 0.1) is 0 Å². The fourth-order valence-corrected chi connectivity index (χ4v) is 2.17. The number of anilines is 1. The van der Waals surface area contributed by atoms with Crippen LogP contribution in [0.25, 0.3) is 16.9 Å². The molecular weight excluding hydrogens is 222 g/mol. The van der Waals surface area contributed by atoms with Crippen molar-refractivity contribution in [3.05, 3.63) is 53.7 Å². The molecular formula is C15H15N3. The van der Waals surface area contributed by atoms with Gasteiger partial charge >= 0.3 is 0 Å². The third-order valence-electron chi connectivity index (χ3n) is 3.09. The molecule has 90 valence electrons. The number of imidazole rings is 1. The molecule has 2 heterocycles. The van der Waals surface area contributed by atoms with Gasteiger partial charge in [0.1, 0.15) is 17.2 Å². The molecule has 0 bridgehead atoms. The first kappa shape index (κ1) is 10.8. The van der Waals surface area contributed by atoms with Crippen molar-refractivity contribution < 1.29 is 0 Å². The average Bonchev–Trinajstić information content (AvgIpc) is 2.67. The van der Waals surface area contributed by atoms with Crippen molar-refractivity contribution in [2.75, 3.05) is 5.73 Å². The zero-order valence-electron chi connectivity index (χ0n) is 10.5. The summed E-state index contributed by atoms with van der Waals surface area (Å²) in [6.07, 6.45) is 2.01. The van der Waals surface area contributed by atoms with Gasteiger partial charge in [0.15, 0.2) is 0 Å². The summed E-state index contributed by atoms with van der Waals surface area (Å²) in [6.45, 7) is 4.12. The van der Waals surface area contributed by atoms with Gasteiger partial charge in [-0.2, -0.15) is 0 Å². The number of rotatable bonds is 1. The molecule has 3 rings (SSSR count). The molecule has 3 heteroatoms. The lowest BCUT2D eigenvalue weighted by Gasteiger charge is -2.01. The number of pyridine rings is 1. The third-order valence-corrected chi connectivity index (χ3v) is 3.09. The number of nitrogens with two attached hydrogens (primary N) is 1. The zero-order chi connectivity index (χ0) is 12.7. The molecule has 0 unspecified atom stereocenters. The number of fused-ring (bicyclic) bond motifs is 1. The second-order valence-electron chi connectivity index (χ2n) is 4.65. The Morgan fingerprint density at radius 1 is 1.06 bits per heavy atom. The van der Waals surface area contributed by atoms with Crippen molar-refractivity contribution in [1.29, 1.82) is 0 Å². The van der Waals surface area contributed by atoms with Crippen LogP contribution in [-0.4, -0.2) is 9.38 Å². The van der Waals surface area contributed by atoms with E-state index in [1.807, 2.05) is 41.8 Å². The van der Waals surface area contributed by atoms with Crippen LogP contribution in [0.1, 0.15) is 11.1 Å². The van der Waals surface area contributed by atoms with Gasteiger partial charge in [-0.15, -0.1) is 0 Å². The maximum atomic E-state index is 6.19. The van der Waals surface area contributed by atoms with Crippen molar-refractivity contribution in [3.8, 4) is 11.3 Å². The van der Waals surface area contributed by atoms with E-state index >= 15 is 0 Å². The summed E-state index contributed by atoms with van der Waals surface area (Å²) >= 11 is 0. The molecule has 0 aliphatic carbocycles. The van der Waals surface area contributed by atoms with Crippen molar-refractivity contribution in [3.63, 3.8) is 0 Å². The fourth-order valence-electron chi connectivity index (χ4n) is 2.17. The third kappa shape index (κ3) is 1.64. The number of aryl methyl sites for hydroxylation is 2. The number of nitrogen functional groups attached to an aromatic ring is 1. The second kappa shape index (κ2) is 3.88. The SMILES string of the molecule is Cc1cccc(-c2nc3ccc(C)cn3c2N)c1. The lowest BCUT2D eigenvalue weighted by Crippen LogP contribution is -1.94. The van der Waals surface area contributed by atoms with Gasteiger partial charge in [-0.05, 0) is 31.5 Å². The van der Waals surface area contributed by atoms with Crippen LogP contribution in [-0.2, 0) is 0 Å². The summed E-state index contributed by atoms with van der Waals surface area (Å²) in [5, 5.41) is 0. The van der Waals surface area contributed by atoms with E-state index in [9.17, 15) is 0 Å². The van der Waals surface area contributed by atoms with Gasteiger partial charge in [0, 0.05) is 11.8 Å². The van der Waals surface area contributed by atoms with E-state index in [4.69, 9.17) is 5.73 Å². The Morgan fingerprint density at radius 2 is 1.89 bits per heavy atom. The van der Waals surface area contributed by atoms with Crippen molar-refractivity contribution >= 4 is 11.5 Å². The lowest BCUT2D eigenvalue weighted by atomic mass is 10.1. The molecule has 0 amide bonds. The summed E-state index contributed by atoms with van der Waals surface area (Å²) < 4.78 is 1.94. The Balaban J connectivity index is 2.27. The second-order valence-corrected chi connectivity index (χ2v) is 4.65. The molecule has 3 nitrogen and oxygen atoms in total. The molecule has 0 radical (unpaired) electrons. The quantitative estimate of drug-likeness (QED) is 0.706. The first-order chi connectivity index (χ1) is 8.65. The van der Waals surface area contributed by atoms with Gasteiger partial charge in [-0.3, -0.25) is 4.40 Å². The molecule has 0 aliphatic rings. The van der Waals surface area contributed by atoms with Crippen LogP contribution in [0.4, 0.5) is 5.82 Å². The van der Waals surface area contributed by atoms with Crippen molar-refractivity contribution in [1.82, 2.24) is 9.38 Å². The average molecular weight is 237 g/mol. The topological polar surface area (TPSA) is 43.3 Å². The smallest absolute Gasteiger partial charge is 0.139 e. The van der Waals surface area contributed by atoms with E-state index in [-0.39, 0.29) is 0 Å². The van der Waals surface area contributed by atoms with Crippen molar-refractivity contribution in [2.45, 2.75) is 13.8 Å². The Morgan fingerprint density at radius 3 is 2.67 bits per heavy atom. The lowest BCUT2D eigenvalue weighted by molar-refractivity contribution is 1.16. The van der Waals surface area contributed by atoms with E-state index in [2.05, 4.69) is 24.0 Å². The van der Waals surface area contributed by atoms with Crippen molar-refractivity contribution in [2.24, 2.45) is 0 Å². The van der Waals surface area contributed by atoms with Crippen LogP contribution in [0.5, 0.6) is 0 Å². The fraction of sp³-hybridized carbons (Fsp3) is 0.133. The monoisotopic (exact) mass is 237 g/mol. The molecule has 0 atom stereocenters. The molecule has 0 aliphatic heterocycles. The Labute approximate surface area is 106 Å². The molecule has 18 heavy (non-hydrogen) atoms. The number of aromatic nitrogens is 2. The highest BCUT2D eigenvalue weighted by Crippen LogP contribution is 2.27. The number of benzene rings is 1. The predicted molar refractivity (Wildman–Crippen MR) is 74.5 cm³/mol. The van der Waals surface area contributed by atoms with E-state index in [1.165, 1.54) is 11.1 Å². The van der Waals surface area contributed by atoms with Crippen LogP contribution < -0.4 is 5.73 Å². The normalized spacial score (nSPS) is 11.0. The maximum absolute atomic E-state index is 6.19. The highest BCUT2D eigenvalue weighted by Gasteiger charge is 2.10. The molecule has 1 aromatic carbocycles. The summed E-state index contributed by atoms with van der Waals surface area (Å²) in [5.41, 5.74) is 11.4. The number of hydrogen-bond donors (Lipinski definition) is 1. The Kier molecular flexibility index (Phi) is 2.33.